The molecule has 0 radical (unpaired) electrons. The summed E-state index contributed by atoms with van der Waals surface area (Å²) >= 11 is 0. The van der Waals surface area contributed by atoms with Crippen molar-refractivity contribution in [3.63, 3.8) is 0 Å². The fourth-order valence-electron chi connectivity index (χ4n) is 0.959. The molecule has 2 nitrogen and oxygen atoms in total. The first-order valence-corrected chi connectivity index (χ1v) is 4.33. The molecule has 0 aromatic carbocycles. The van der Waals surface area contributed by atoms with E-state index in [2.05, 4.69) is 25.2 Å². The SMILES string of the molecule is CCCC(C)NCC(C)C#N. The Labute approximate surface area is 69.6 Å². The van der Waals surface area contributed by atoms with E-state index in [-0.39, 0.29) is 5.92 Å². The lowest BCUT2D eigenvalue weighted by molar-refractivity contribution is 0.482. The second kappa shape index (κ2) is 6.18. The van der Waals surface area contributed by atoms with Crippen LogP contribution in [0.3, 0.4) is 0 Å². The maximum absolute atomic E-state index is 8.49. The first-order chi connectivity index (χ1) is 5.20. The monoisotopic (exact) mass is 154 g/mol. The predicted octanol–water partition coefficient (Wildman–Crippen LogP) is 1.92. The van der Waals surface area contributed by atoms with Gasteiger partial charge in [0.15, 0.2) is 0 Å². The highest BCUT2D eigenvalue weighted by Gasteiger charge is 2.02. The highest BCUT2D eigenvalue weighted by Crippen LogP contribution is 1.96. The first-order valence-electron chi connectivity index (χ1n) is 4.33. The van der Waals surface area contributed by atoms with Crippen LogP contribution in [0.2, 0.25) is 0 Å². The molecule has 0 heterocycles. The quantitative estimate of drug-likeness (QED) is 0.656. The van der Waals surface area contributed by atoms with E-state index in [4.69, 9.17) is 5.26 Å². The Morgan fingerprint density at radius 3 is 2.55 bits per heavy atom. The van der Waals surface area contributed by atoms with Crippen LogP contribution >= 0.6 is 0 Å². The van der Waals surface area contributed by atoms with E-state index in [0.717, 1.165) is 6.54 Å². The second-order valence-corrected chi connectivity index (χ2v) is 3.13. The Kier molecular flexibility index (Phi) is 5.87. The largest absolute Gasteiger partial charge is 0.313 e. The van der Waals surface area contributed by atoms with Gasteiger partial charge >= 0.3 is 0 Å². The van der Waals surface area contributed by atoms with Crippen LogP contribution in [0.15, 0.2) is 0 Å². The van der Waals surface area contributed by atoms with E-state index in [1.54, 1.807) is 0 Å². The molecule has 0 amide bonds. The van der Waals surface area contributed by atoms with Crippen molar-refractivity contribution < 1.29 is 0 Å². The van der Waals surface area contributed by atoms with Gasteiger partial charge in [0.25, 0.3) is 0 Å². The summed E-state index contributed by atoms with van der Waals surface area (Å²) in [7, 11) is 0. The first kappa shape index (κ1) is 10.4. The van der Waals surface area contributed by atoms with Crippen LogP contribution in [0.25, 0.3) is 0 Å². The van der Waals surface area contributed by atoms with Crippen LogP contribution in [-0.4, -0.2) is 12.6 Å². The third-order valence-corrected chi connectivity index (χ3v) is 1.71. The molecule has 0 saturated carbocycles. The topological polar surface area (TPSA) is 35.8 Å². The van der Waals surface area contributed by atoms with Crippen molar-refractivity contribution in [1.82, 2.24) is 5.32 Å². The third kappa shape index (κ3) is 5.87. The summed E-state index contributed by atoms with van der Waals surface area (Å²) in [5.74, 6) is 0.134. The van der Waals surface area contributed by atoms with Crippen molar-refractivity contribution in [1.29, 1.82) is 5.26 Å². The molecule has 2 unspecified atom stereocenters. The van der Waals surface area contributed by atoms with Crippen molar-refractivity contribution in [3.8, 4) is 6.07 Å². The number of hydrogen-bond acceptors (Lipinski definition) is 2. The minimum Gasteiger partial charge on any atom is -0.313 e. The lowest BCUT2D eigenvalue weighted by atomic mass is 10.1. The third-order valence-electron chi connectivity index (χ3n) is 1.71. The highest BCUT2D eigenvalue weighted by atomic mass is 14.9. The molecule has 1 N–H and O–H groups in total. The molecule has 0 aliphatic rings. The van der Waals surface area contributed by atoms with Gasteiger partial charge in [-0.25, -0.2) is 0 Å². The Morgan fingerprint density at radius 2 is 2.09 bits per heavy atom. The summed E-state index contributed by atoms with van der Waals surface area (Å²) in [5, 5.41) is 11.8. The number of nitrogens with one attached hydrogen (secondary N) is 1. The van der Waals surface area contributed by atoms with Crippen molar-refractivity contribution >= 4 is 0 Å². The normalized spacial score (nSPS) is 15.5. The van der Waals surface area contributed by atoms with Crippen LogP contribution < -0.4 is 5.32 Å². The van der Waals surface area contributed by atoms with E-state index >= 15 is 0 Å². The number of nitriles is 1. The lowest BCUT2D eigenvalue weighted by Crippen LogP contribution is -2.29. The van der Waals surface area contributed by atoms with E-state index in [9.17, 15) is 0 Å². The summed E-state index contributed by atoms with van der Waals surface area (Å²) in [6, 6.07) is 2.75. The van der Waals surface area contributed by atoms with E-state index < -0.39 is 0 Å². The Balaban J connectivity index is 3.31. The minimum atomic E-state index is 0.134. The minimum absolute atomic E-state index is 0.134. The second-order valence-electron chi connectivity index (χ2n) is 3.13. The molecule has 0 saturated heterocycles. The van der Waals surface area contributed by atoms with Gasteiger partial charge in [0.2, 0.25) is 0 Å². The smallest absolute Gasteiger partial charge is 0.0666 e. The number of nitrogens with zero attached hydrogens (tertiary/aromatic N) is 1. The van der Waals surface area contributed by atoms with Crippen molar-refractivity contribution in [2.24, 2.45) is 5.92 Å². The number of rotatable bonds is 5. The zero-order valence-corrected chi connectivity index (χ0v) is 7.72. The van der Waals surface area contributed by atoms with Crippen molar-refractivity contribution in [2.45, 2.75) is 39.7 Å². The maximum atomic E-state index is 8.49. The van der Waals surface area contributed by atoms with Gasteiger partial charge in [-0.1, -0.05) is 13.3 Å². The summed E-state index contributed by atoms with van der Waals surface area (Å²) in [4.78, 5) is 0. The molecule has 0 aromatic rings. The molecular formula is C9H18N2. The fourth-order valence-corrected chi connectivity index (χ4v) is 0.959. The molecule has 11 heavy (non-hydrogen) atoms. The fraction of sp³-hybridized carbons (Fsp3) is 0.889. The maximum Gasteiger partial charge on any atom is 0.0666 e. The van der Waals surface area contributed by atoms with Gasteiger partial charge in [0.05, 0.1) is 12.0 Å². The molecule has 0 spiro atoms. The molecule has 64 valence electrons. The Bertz CT molecular complexity index is 126. The molecule has 2 atom stereocenters. The van der Waals surface area contributed by atoms with Gasteiger partial charge in [0, 0.05) is 12.6 Å². The van der Waals surface area contributed by atoms with Crippen LogP contribution in [0.5, 0.6) is 0 Å². The summed E-state index contributed by atoms with van der Waals surface area (Å²) < 4.78 is 0. The van der Waals surface area contributed by atoms with E-state index in [1.807, 2.05) is 6.92 Å². The van der Waals surface area contributed by atoms with E-state index in [1.165, 1.54) is 12.8 Å². The molecule has 0 bridgehead atoms. The lowest BCUT2D eigenvalue weighted by Gasteiger charge is -2.12. The van der Waals surface area contributed by atoms with Gasteiger partial charge in [0.1, 0.15) is 0 Å². The average Bonchev–Trinajstić information content (AvgIpc) is 2.01. The predicted molar refractivity (Wildman–Crippen MR) is 47.1 cm³/mol. The van der Waals surface area contributed by atoms with Gasteiger partial charge in [-0.05, 0) is 20.3 Å². The van der Waals surface area contributed by atoms with Gasteiger partial charge in [-0.3, -0.25) is 0 Å². The Hall–Kier alpha value is -0.550. The molecule has 2 heteroatoms. The summed E-state index contributed by atoms with van der Waals surface area (Å²) in [6.07, 6.45) is 2.40. The van der Waals surface area contributed by atoms with Crippen LogP contribution in [-0.2, 0) is 0 Å². The molecule has 0 aromatic heterocycles. The van der Waals surface area contributed by atoms with Gasteiger partial charge in [-0.2, -0.15) is 5.26 Å². The molecule has 0 aliphatic heterocycles. The van der Waals surface area contributed by atoms with Crippen molar-refractivity contribution in [3.05, 3.63) is 0 Å². The summed E-state index contributed by atoms with van der Waals surface area (Å²) in [5.41, 5.74) is 0. The Morgan fingerprint density at radius 1 is 1.45 bits per heavy atom. The number of hydrogen-bond donors (Lipinski definition) is 1. The van der Waals surface area contributed by atoms with Gasteiger partial charge < -0.3 is 5.32 Å². The average molecular weight is 154 g/mol. The zero-order valence-electron chi connectivity index (χ0n) is 7.72. The van der Waals surface area contributed by atoms with Crippen LogP contribution in [0.4, 0.5) is 0 Å². The van der Waals surface area contributed by atoms with Crippen molar-refractivity contribution in [2.75, 3.05) is 6.54 Å². The molecular weight excluding hydrogens is 136 g/mol. The van der Waals surface area contributed by atoms with E-state index in [0.29, 0.717) is 6.04 Å². The van der Waals surface area contributed by atoms with Crippen LogP contribution in [0.1, 0.15) is 33.6 Å². The van der Waals surface area contributed by atoms with Crippen LogP contribution in [0, 0.1) is 17.2 Å². The summed E-state index contributed by atoms with van der Waals surface area (Å²) in [6.45, 7) is 7.09. The molecule has 0 fully saturated rings. The zero-order chi connectivity index (χ0) is 8.69. The standard InChI is InChI=1S/C9H18N2/c1-4-5-9(3)11-7-8(2)6-10/h8-9,11H,4-5,7H2,1-3H3. The molecule has 0 rings (SSSR count). The highest BCUT2D eigenvalue weighted by molar-refractivity contribution is 4.80. The molecule has 0 aliphatic carbocycles. The van der Waals surface area contributed by atoms with Gasteiger partial charge in [-0.15, -0.1) is 0 Å².